The van der Waals surface area contributed by atoms with Gasteiger partial charge in [-0.05, 0) is 24.3 Å². The zero-order chi connectivity index (χ0) is 14.4. The second-order valence-corrected chi connectivity index (χ2v) is 4.10. The molecule has 1 aromatic heterocycles. The second-order valence-electron chi connectivity index (χ2n) is 4.10. The summed E-state index contributed by atoms with van der Waals surface area (Å²) in [7, 11) is 1.31. The van der Waals surface area contributed by atoms with E-state index in [1.54, 1.807) is 36.5 Å². The Hall–Kier alpha value is -2.43. The summed E-state index contributed by atoms with van der Waals surface area (Å²) in [6.07, 6.45) is 1.59. The van der Waals surface area contributed by atoms with Crippen molar-refractivity contribution in [3.63, 3.8) is 0 Å². The Labute approximate surface area is 116 Å². The van der Waals surface area contributed by atoms with Crippen molar-refractivity contribution >= 4 is 5.97 Å². The summed E-state index contributed by atoms with van der Waals surface area (Å²) in [4.78, 5) is 15.9. The molecule has 0 aliphatic carbocycles. The SMILES string of the molecule is COC(=O)C(COc1cccc(F)c1)c1ccccn1. The molecule has 1 aromatic carbocycles. The average Bonchev–Trinajstić information content (AvgIpc) is 2.48. The Kier molecular flexibility index (Phi) is 4.65. The van der Waals surface area contributed by atoms with Crippen molar-refractivity contribution in [3.05, 3.63) is 60.2 Å². The molecule has 0 saturated carbocycles. The molecule has 0 aliphatic heterocycles. The summed E-state index contributed by atoms with van der Waals surface area (Å²) in [6.45, 7) is 0.0349. The normalized spacial score (nSPS) is 11.7. The highest BCUT2D eigenvalue weighted by molar-refractivity contribution is 5.77. The molecule has 0 aliphatic rings. The maximum Gasteiger partial charge on any atom is 0.318 e. The molecule has 1 heterocycles. The quantitative estimate of drug-likeness (QED) is 0.787. The zero-order valence-corrected chi connectivity index (χ0v) is 11.0. The van der Waals surface area contributed by atoms with Crippen LogP contribution in [0.4, 0.5) is 4.39 Å². The van der Waals surface area contributed by atoms with E-state index in [4.69, 9.17) is 9.47 Å². The summed E-state index contributed by atoms with van der Waals surface area (Å²) in [6, 6.07) is 11.0. The van der Waals surface area contributed by atoms with Gasteiger partial charge in [0.2, 0.25) is 0 Å². The van der Waals surface area contributed by atoms with Crippen molar-refractivity contribution < 1.29 is 18.7 Å². The number of hydrogen-bond donors (Lipinski definition) is 0. The van der Waals surface area contributed by atoms with Crippen LogP contribution in [-0.4, -0.2) is 24.7 Å². The van der Waals surface area contributed by atoms with Crippen molar-refractivity contribution in [2.45, 2.75) is 5.92 Å². The van der Waals surface area contributed by atoms with Crippen molar-refractivity contribution in [2.24, 2.45) is 0 Å². The molecule has 0 spiro atoms. The van der Waals surface area contributed by atoms with Crippen molar-refractivity contribution in [1.82, 2.24) is 4.98 Å². The first kappa shape index (κ1) is 14.0. The molecule has 0 N–H and O–H groups in total. The van der Waals surface area contributed by atoms with Crippen LogP contribution in [0.25, 0.3) is 0 Å². The molecule has 1 unspecified atom stereocenters. The van der Waals surface area contributed by atoms with E-state index in [1.807, 2.05) is 0 Å². The van der Waals surface area contributed by atoms with Crippen LogP contribution in [0.5, 0.6) is 5.75 Å². The largest absolute Gasteiger partial charge is 0.492 e. The topological polar surface area (TPSA) is 48.4 Å². The highest BCUT2D eigenvalue weighted by Crippen LogP contribution is 2.18. The smallest absolute Gasteiger partial charge is 0.318 e. The van der Waals surface area contributed by atoms with Crippen LogP contribution in [0.3, 0.4) is 0 Å². The zero-order valence-electron chi connectivity index (χ0n) is 11.0. The third-order valence-electron chi connectivity index (χ3n) is 2.74. The van der Waals surface area contributed by atoms with Gasteiger partial charge < -0.3 is 9.47 Å². The fourth-order valence-electron chi connectivity index (χ4n) is 1.73. The maximum absolute atomic E-state index is 13.1. The number of benzene rings is 1. The minimum atomic E-state index is -0.649. The predicted molar refractivity (Wildman–Crippen MR) is 70.9 cm³/mol. The van der Waals surface area contributed by atoms with Crippen LogP contribution < -0.4 is 4.74 Å². The molecule has 0 saturated heterocycles. The van der Waals surface area contributed by atoms with Crippen LogP contribution in [0.15, 0.2) is 48.7 Å². The highest BCUT2D eigenvalue weighted by atomic mass is 19.1. The van der Waals surface area contributed by atoms with Gasteiger partial charge in [-0.3, -0.25) is 9.78 Å². The second kappa shape index (κ2) is 6.65. The molecule has 4 nitrogen and oxygen atoms in total. The van der Waals surface area contributed by atoms with Gasteiger partial charge in [0.05, 0.1) is 12.8 Å². The molecular weight excluding hydrogens is 261 g/mol. The fourth-order valence-corrected chi connectivity index (χ4v) is 1.73. The predicted octanol–water partition coefficient (Wildman–Crippen LogP) is 2.56. The van der Waals surface area contributed by atoms with E-state index in [0.717, 1.165) is 0 Å². The molecule has 0 bridgehead atoms. The number of ether oxygens (including phenoxy) is 2. The number of hydrogen-bond acceptors (Lipinski definition) is 4. The molecule has 104 valence electrons. The molecule has 0 fully saturated rings. The average molecular weight is 275 g/mol. The number of carbonyl (C=O) groups excluding carboxylic acids is 1. The summed E-state index contributed by atoms with van der Waals surface area (Å²) in [5.74, 6) is -1.13. The molecule has 0 amide bonds. The monoisotopic (exact) mass is 275 g/mol. The molecule has 20 heavy (non-hydrogen) atoms. The standard InChI is InChI=1S/C15H14FNO3/c1-19-15(18)13(14-7-2-3-8-17-14)10-20-12-6-4-5-11(16)9-12/h2-9,13H,10H2,1H3. The van der Waals surface area contributed by atoms with Crippen LogP contribution >= 0.6 is 0 Å². The Bertz CT molecular complexity index is 574. The minimum Gasteiger partial charge on any atom is -0.492 e. The Morgan fingerprint density at radius 1 is 1.30 bits per heavy atom. The van der Waals surface area contributed by atoms with E-state index in [-0.39, 0.29) is 6.61 Å². The minimum absolute atomic E-state index is 0.0349. The van der Waals surface area contributed by atoms with Gasteiger partial charge in [0.1, 0.15) is 24.1 Å². The molecule has 5 heteroatoms. The van der Waals surface area contributed by atoms with Crippen LogP contribution in [0.2, 0.25) is 0 Å². The van der Waals surface area contributed by atoms with E-state index in [1.165, 1.54) is 19.2 Å². The first-order chi connectivity index (χ1) is 9.70. The number of halogens is 1. The Morgan fingerprint density at radius 2 is 2.15 bits per heavy atom. The van der Waals surface area contributed by atoms with Crippen LogP contribution in [0.1, 0.15) is 11.6 Å². The number of pyridine rings is 1. The number of methoxy groups -OCH3 is 1. The van der Waals surface area contributed by atoms with Gasteiger partial charge in [-0.15, -0.1) is 0 Å². The molecule has 2 aromatic rings. The number of esters is 1. The number of nitrogens with zero attached hydrogens (tertiary/aromatic N) is 1. The maximum atomic E-state index is 13.1. The summed E-state index contributed by atoms with van der Waals surface area (Å²) < 4.78 is 23.2. The number of rotatable bonds is 5. The lowest BCUT2D eigenvalue weighted by Gasteiger charge is -2.15. The molecule has 0 radical (unpaired) electrons. The first-order valence-corrected chi connectivity index (χ1v) is 6.08. The van der Waals surface area contributed by atoms with Gasteiger partial charge in [0.15, 0.2) is 0 Å². The number of carbonyl (C=O) groups is 1. The van der Waals surface area contributed by atoms with E-state index in [0.29, 0.717) is 11.4 Å². The molecular formula is C15H14FNO3. The summed E-state index contributed by atoms with van der Waals surface area (Å²) in [5.41, 5.74) is 0.552. The van der Waals surface area contributed by atoms with Crippen LogP contribution in [-0.2, 0) is 9.53 Å². The van der Waals surface area contributed by atoms with E-state index >= 15 is 0 Å². The fraction of sp³-hybridized carbons (Fsp3) is 0.200. The molecule has 2 rings (SSSR count). The van der Waals surface area contributed by atoms with E-state index in [9.17, 15) is 9.18 Å². The molecule has 1 atom stereocenters. The van der Waals surface area contributed by atoms with Crippen molar-refractivity contribution in [3.8, 4) is 5.75 Å². The van der Waals surface area contributed by atoms with Gasteiger partial charge in [-0.2, -0.15) is 0 Å². The van der Waals surface area contributed by atoms with Crippen molar-refractivity contribution in [1.29, 1.82) is 0 Å². The summed E-state index contributed by atoms with van der Waals surface area (Å²) in [5, 5.41) is 0. The summed E-state index contributed by atoms with van der Waals surface area (Å²) >= 11 is 0. The lowest BCUT2D eigenvalue weighted by molar-refractivity contribution is -0.143. The van der Waals surface area contributed by atoms with Gasteiger partial charge in [0.25, 0.3) is 0 Å². The van der Waals surface area contributed by atoms with Gasteiger partial charge in [-0.1, -0.05) is 12.1 Å². The van der Waals surface area contributed by atoms with Crippen LogP contribution in [0, 0.1) is 5.82 Å². The van der Waals surface area contributed by atoms with Crippen molar-refractivity contribution in [2.75, 3.05) is 13.7 Å². The Balaban J connectivity index is 2.11. The number of aromatic nitrogens is 1. The van der Waals surface area contributed by atoms with Gasteiger partial charge in [-0.25, -0.2) is 4.39 Å². The lowest BCUT2D eigenvalue weighted by atomic mass is 10.1. The Morgan fingerprint density at radius 3 is 2.80 bits per heavy atom. The van der Waals surface area contributed by atoms with E-state index < -0.39 is 17.7 Å². The third-order valence-corrected chi connectivity index (χ3v) is 2.74. The lowest BCUT2D eigenvalue weighted by Crippen LogP contribution is -2.22. The van der Waals surface area contributed by atoms with Gasteiger partial charge >= 0.3 is 5.97 Å². The third kappa shape index (κ3) is 3.54. The highest BCUT2D eigenvalue weighted by Gasteiger charge is 2.23. The van der Waals surface area contributed by atoms with E-state index in [2.05, 4.69) is 4.98 Å². The first-order valence-electron chi connectivity index (χ1n) is 6.08. The van der Waals surface area contributed by atoms with Gasteiger partial charge in [0, 0.05) is 12.3 Å².